The van der Waals surface area contributed by atoms with Crippen LogP contribution in [0, 0.1) is 18.1 Å². The van der Waals surface area contributed by atoms with Gasteiger partial charge in [-0.2, -0.15) is 58.4 Å². The average Bonchev–Trinajstić information content (AvgIpc) is 3.68. The van der Waals surface area contributed by atoms with Crippen LogP contribution >= 0.6 is 11.3 Å². The second-order valence-electron chi connectivity index (χ2n) is 12.9. The van der Waals surface area contributed by atoms with Gasteiger partial charge in [0.05, 0.1) is 0 Å². The molecule has 0 N–H and O–H groups in total. The molecule has 1 atom stereocenters. The second-order valence-corrected chi connectivity index (χ2v) is 14.7. The van der Waals surface area contributed by atoms with Gasteiger partial charge in [-0.05, 0) is 22.8 Å². The van der Waals surface area contributed by atoms with Gasteiger partial charge < -0.3 is 24.8 Å². The van der Waals surface area contributed by atoms with E-state index in [-0.39, 0.29) is 35.6 Å². The van der Waals surface area contributed by atoms with Crippen LogP contribution in [0.15, 0.2) is 89.6 Å². The van der Waals surface area contributed by atoms with Crippen LogP contribution in [0.4, 0.5) is 0 Å². The number of benzene rings is 3. The van der Waals surface area contributed by atoms with Gasteiger partial charge in [0.25, 0.3) is 0 Å². The predicted octanol–water partition coefficient (Wildman–Crippen LogP) is 4.38. The SMILES string of the molecule is CC(C)(C)c1c[c-]c2c(c1)-c1cc(C(C)(C)C)ccc1C2.CC1[C-]=C(c2ccsc2)C=C1.[Cl-].[Cl-].[Zr+2]=[CH]Cc1ccccc1. The number of hydrogen-bond donors (Lipinski definition) is 0. The molecule has 0 fully saturated rings. The van der Waals surface area contributed by atoms with E-state index in [9.17, 15) is 0 Å². The molecule has 0 amide bonds. The third kappa shape index (κ3) is 10.4. The molecule has 2 aliphatic rings. The van der Waals surface area contributed by atoms with Crippen molar-refractivity contribution in [1.29, 1.82) is 0 Å². The van der Waals surface area contributed by atoms with Crippen LogP contribution < -0.4 is 24.8 Å². The summed E-state index contributed by atoms with van der Waals surface area (Å²) < 4.78 is 2.25. The number of rotatable bonds is 3. The van der Waals surface area contributed by atoms with Crippen LogP contribution in [0.1, 0.15) is 81.8 Å². The number of hydrogen-bond acceptors (Lipinski definition) is 1. The van der Waals surface area contributed by atoms with Crippen molar-refractivity contribution < 1.29 is 49.0 Å². The molecule has 0 saturated heterocycles. The van der Waals surface area contributed by atoms with Crippen LogP contribution in [0.5, 0.6) is 0 Å². The molecule has 0 radical (unpaired) electrons. The van der Waals surface area contributed by atoms with Gasteiger partial charge in [-0.25, -0.2) is 0 Å². The van der Waals surface area contributed by atoms with E-state index in [2.05, 4.69) is 148 Å². The molecule has 43 heavy (non-hydrogen) atoms. The Morgan fingerprint density at radius 3 is 2.12 bits per heavy atom. The molecule has 0 saturated carbocycles. The van der Waals surface area contributed by atoms with Gasteiger partial charge in [0, 0.05) is 0 Å². The first-order valence-corrected chi connectivity index (χ1v) is 16.9. The topological polar surface area (TPSA) is 0 Å². The van der Waals surface area contributed by atoms with Crippen molar-refractivity contribution in [2.45, 2.75) is 72.1 Å². The predicted molar refractivity (Wildman–Crippen MR) is 176 cm³/mol. The molecule has 0 nitrogen and oxygen atoms in total. The molecule has 4 aromatic rings. The Balaban J connectivity index is 0.000000247. The zero-order valence-corrected chi connectivity index (χ0v) is 31.2. The molecular weight excluding hydrogens is 663 g/mol. The second kappa shape index (κ2) is 16.5. The van der Waals surface area contributed by atoms with Crippen molar-refractivity contribution >= 4 is 20.6 Å². The van der Waals surface area contributed by atoms with E-state index in [0.29, 0.717) is 5.92 Å². The van der Waals surface area contributed by atoms with E-state index in [1.165, 1.54) is 74.3 Å². The summed E-state index contributed by atoms with van der Waals surface area (Å²) in [6.45, 7) is 15.8. The van der Waals surface area contributed by atoms with Gasteiger partial charge in [-0.15, -0.1) is 17.2 Å². The Labute approximate surface area is 291 Å². The van der Waals surface area contributed by atoms with Crippen LogP contribution in [-0.4, -0.2) is 3.71 Å². The molecule has 1 aromatic heterocycles. The quantitative estimate of drug-likeness (QED) is 0.245. The van der Waals surface area contributed by atoms with Gasteiger partial charge in [0.1, 0.15) is 0 Å². The first kappa shape index (κ1) is 37.4. The van der Waals surface area contributed by atoms with Gasteiger partial charge in [-0.3, -0.25) is 0 Å². The van der Waals surface area contributed by atoms with E-state index < -0.39 is 0 Å². The molecule has 1 heterocycles. The minimum atomic E-state index is 0. The Morgan fingerprint density at radius 2 is 1.56 bits per heavy atom. The van der Waals surface area contributed by atoms with Crippen LogP contribution in [0.25, 0.3) is 16.7 Å². The van der Waals surface area contributed by atoms with Crippen LogP contribution in [0.2, 0.25) is 0 Å². The summed E-state index contributed by atoms with van der Waals surface area (Å²) in [5.74, 6) is 0.491. The third-order valence-corrected chi connectivity index (χ3v) is 8.66. The number of thiophene rings is 1. The van der Waals surface area contributed by atoms with Crippen molar-refractivity contribution in [1.82, 2.24) is 0 Å². The van der Waals surface area contributed by atoms with E-state index >= 15 is 0 Å². The molecule has 0 bridgehead atoms. The number of fused-ring (bicyclic) bond motifs is 3. The molecular formula is C39H42Cl2SZr-2. The zero-order chi connectivity index (χ0) is 29.6. The summed E-state index contributed by atoms with van der Waals surface area (Å²) in [7, 11) is 0. The standard InChI is InChI=1S/C21H25.C10H9S.C8H8.2ClH.Zr/c1-20(2,3)16-9-7-14-11-15-8-10-17(21(4,5)6)13-19(15)18(14)12-16;1-8-2-3-9(6-8)10-4-5-11-7-10;1-2-8-6-4-3-5-7-8;;;/h7,9-10,12-13H,11H2,1-6H3;2-5,7-8H,1H3;1,3-7H,2H2;2*1H;/q2*-1;;;;+2/p-2. The Hall–Kier alpha value is -1.83. The van der Waals surface area contributed by atoms with E-state index in [1.54, 1.807) is 11.3 Å². The summed E-state index contributed by atoms with van der Waals surface area (Å²) in [5, 5.41) is 4.26. The Morgan fingerprint density at radius 1 is 0.884 bits per heavy atom. The molecule has 3 aromatic carbocycles. The fourth-order valence-corrected chi connectivity index (χ4v) is 6.13. The van der Waals surface area contributed by atoms with Crippen LogP contribution in [-0.2, 0) is 47.9 Å². The summed E-state index contributed by atoms with van der Waals surface area (Å²) in [6.07, 6.45) is 9.84. The number of allylic oxidation sites excluding steroid dienone is 4. The monoisotopic (exact) mass is 702 g/mol. The van der Waals surface area contributed by atoms with Gasteiger partial charge in [0.2, 0.25) is 0 Å². The van der Waals surface area contributed by atoms with Crippen molar-refractivity contribution in [2.24, 2.45) is 5.92 Å². The average molecular weight is 705 g/mol. The van der Waals surface area contributed by atoms with E-state index in [1.807, 2.05) is 6.07 Å². The normalized spacial score (nSPS) is 14.4. The zero-order valence-electron chi connectivity index (χ0n) is 26.4. The first-order chi connectivity index (χ1) is 19.5. The molecule has 2 aliphatic carbocycles. The van der Waals surface area contributed by atoms with Gasteiger partial charge >= 0.3 is 70.3 Å². The summed E-state index contributed by atoms with van der Waals surface area (Å²) >= 11 is 3.24. The molecule has 6 rings (SSSR count). The summed E-state index contributed by atoms with van der Waals surface area (Å²) in [6, 6.07) is 27.7. The molecule has 224 valence electrons. The minimum absolute atomic E-state index is 0. The Bertz CT molecular complexity index is 1460. The summed E-state index contributed by atoms with van der Waals surface area (Å²) in [5.41, 5.74) is 12.7. The van der Waals surface area contributed by atoms with Gasteiger partial charge in [0.15, 0.2) is 0 Å². The molecule has 0 aliphatic heterocycles. The maximum absolute atomic E-state index is 3.53. The molecule has 0 spiro atoms. The molecule has 1 unspecified atom stereocenters. The van der Waals surface area contributed by atoms with Crippen molar-refractivity contribution in [3.05, 3.63) is 135 Å². The fourth-order valence-electron chi connectivity index (χ4n) is 4.90. The maximum atomic E-state index is 3.53. The van der Waals surface area contributed by atoms with E-state index in [4.69, 9.17) is 0 Å². The van der Waals surface area contributed by atoms with Gasteiger partial charge in [-0.1, -0.05) is 101 Å². The van der Waals surface area contributed by atoms with Crippen molar-refractivity contribution in [3.63, 3.8) is 0 Å². The third-order valence-electron chi connectivity index (χ3n) is 7.47. The van der Waals surface area contributed by atoms with Crippen molar-refractivity contribution in [2.75, 3.05) is 0 Å². The van der Waals surface area contributed by atoms with Crippen LogP contribution in [0.3, 0.4) is 0 Å². The summed E-state index contributed by atoms with van der Waals surface area (Å²) in [4.78, 5) is 0. The first-order valence-electron chi connectivity index (χ1n) is 14.5. The number of halogens is 2. The Kier molecular flexibility index (Phi) is 14.3. The van der Waals surface area contributed by atoms with Crippen molar-refractivity contribution in [3.8, 4) is 11.1 Å². The fraction of sp³-hybridized carbons (Fsp3) is 0.308. The molecule has 4 heteroatoms. The van der Waals surface area contributed by atoms with E-state index in [0.717, 1.165) is 12.8 Å².